The number of aromatic amines is 1. The molecule has 0 radical (unpaired) electrons. The van der Waals surface area contributed by atoms with Crippen LogP contribution in [-0.4, -0.2) is 35.5 Å². The van der Waals surface area contributed by atoms with Gasteiger partial charge in [-0.15, -0.1) is 0 Å². The van der Waals surface area contributed by atoms with Crippen LogP contribution in [0.1, 0.15) is 42.1 Å². The molecule has 1 saturated heterocycles. The molecule has 0 bridgehead atoms. The highest BCUT2D eigenvalue weighted by molar-refractivity contribution is 6.24. The Hall–Kier alpha value is -4.06. The summed E-state index contributed by atoms with van der Waals surface area (Å²) in [7, 11) is 1.55. The van der Waals surface area contributed by atoms with Gasteiger partial charge in [-0.25, -0.2) is 9.69 Å². The Bertz CT molecular complexity index is 1470. The molecule has 6 heteroatoms. The second kappa shape index (κ2) is 7.73. The minimum absolute atomic E-state index is 0.0606. The average molecular weight is 466 g/mol. The van der Waals surface area contributed by atoms with Crippen molar-refractivity contribution in [3.63, 3.8) is 0 Å². The lowest BCUT2D eigenvalue weighted by Crippen LogP contribution is -2.50. The molecule has 2 aliphatic rings. The number of fused-ring (bicyclic) bond motifs is 5. The fourth-order valence-electron chi connectivity index (χ4n) is 5.70. The van der Waals surface area contributed by atoms with Crippen molar-refractivity contribution in [2.45, 2.75) is 31.7 Å². The lowest BCUT2D eigenvalue weighted by molar-refractivity contribution is -0.125. The van der Waals surface area contributed by atoms with Gasteiger partial charge in [0.15, 0.2) is 5.54 Å². The number of H-pyrrole nitrogens is 1. The number of imide groups is 1. The van der Waals surface area contributed by atoms with Crippen LogP contribution in [0.2, 0.25) is 0 Å². The van der Waals surface area contributed by atoms with Crippen molar-refractivity contribution in [3.05, 3.63) is 95.2 Å². The van der Waals surface area contributed by atoms with E-state index in [1.54, 1.807) is 24.1 Å². The summed E-state index contributed by atoms with van der Waals surface area (Å²) in [6, 6.07) is 23.5. The number of nitrogens with one attached hydrogen (secondary N) is 1. The van der Waals surface area contributed by atoms with Crippen LogP contribution in [0.4, 0.5) is 10.5 Å². The minimum atomic E-state index is -1.15. The molecule has 0 saturated carbocycles. The van der Waals surface area contributed by atoms with Crippen LogP contribution in [0.5, 0.6) is 5.75 Å². The first-order valence-corrected chi connectivity index (χ1v) is 12.0. The number of para-hydroxylation sites is 3. The highest BCUT2D eigenvalue weighted by atomic mass is 16.5. The van der Waals surface area contributed by atoms with Crippen molar-refractivity contribution < 1.29 is 14.3 Å². The highest BCUT2D eigenvalue weighted by Crippen LogP contribution is 2.51. The fourth-order valence-corrected chi connectivity index (χ4v) is 5.70. The van der Waals surface area contributed by atoms with E-state index in [0.717, 1.165) is 34.1 Å². The predicted octanol–water partition coefficient (Wildman–Crippen LogP) is 5.57. The molecule has 6 nitrogen and oxygen atoms in total. The maximum absolute atomic E-state index is 14.1. The number of amides is 3. The minimum Gasteiger partial charge on any atom is -0.495 e. The van der Waals surface area contributed by atoms with Crippen LogP contribution in [0, 0.1) is 0 Å². The van der Waals surface area contributed by atoms with Crippen LogP contribution >= 0.6 is 0 Å². The van der Waals surface area contributed by atoms with Gasteiger partial charge in [-0.2, -0.15) is 0 Å². The Morgan fingerprint density at radius 3 is 2.46 bits per heavy atom. The fraction of sp³-hybridized carbons (Fsp3) is 0.241. The first kappa shape index (κ1) is 21.5. The summed E-state index contributed by atoms with van der Waals surface area (Å²) in [6.07, 6.45) is 0.967. The number of carbonyl (C=O) groups excluding carboxylic acids is 2. The normalized spacial score (nSPS) is 21.4. The molecular formula is C29H27N3O3. The van der Waals surface area contributed by atoms with Gasteiger partial charge in [0.05, 0.1) is 18.5 Å². The summed E-state index contributed by atoms with van der Waals surface area (Å²) in [6.45, 7) is 4.40. The van der Waals surface area contributed by atoms with Crippen molar-refractivity contribution in [1.29, 1.82) is 0 Å². The molecular weight excluding hydrogens is 438 g/mol. The molecule has 6 rings (SSSR count). The summed E-state index contributed by atoms with van der Waals surface area (Å²) in [5.74, 6) is 0.148. The molecule has 1 aromatic heterocycles. The molecule has 0 aliphatic carbocycles. The Morgan fingerprint density at radius 2 is 1.71 bits per heavy atom. The number of benzene rings is 3. The summed E-state index contributed by atoms with van der Waals surface area (Å²) >= 11 is 0. The van der Waals surface area contributed by atoms with E-state index >= 15 is 0 Å². The molecule has 3 heterocycles. The topological polar surface area (TPSA) is 65.6 Å². The molecule has 4 aromatic rings. The van der Waals surface area contributed by atoms with Gasteiger partial charge < -0.3 is 14.6 Å². The van der Waals surface area contributed by atoms with E-state index in [4.69, 9.17) is 4.74 Å². The molecule has 3 aromatic carbocycles. The zero-order chi connectivity index (χ0) is 24.3. The van der Waals surface area contributed by atoms with E-state index in [2.05, 4.69) is 42.2 Å². The van der Waals surface area contributed by atoms with Gasteiger partial charge in [0, 0.05) is 23.4 Å². The first-order valence-electron chi connectivity index (χ1n) is 12.0. The molecule has 3 amide bonds. The van der Waals surface area contributed by atoms with Crippen LogP contribution < -0.4 is 9.64 Å². The largest absolute Gasteiger partial charge is 0.495 e. The number of nitrogens with zero attached hydrogens (tertiary/aromatic N) is 2. The van der Waals surface area contributed by atoms with Gasteiger partial charge in [-0.3, -0.25) is 4.79 Å². The van der Waals surface area contributed by atoms with Crippen molar-refractivity contribution in [3.8, 4) is 5.75 Å². The number of rotatable bonds is 4. The molecule has 176 valence electrons. The molecule has 0 unspecified atom stereocenters. The quantitative estimate of drug-likeness (QED) is 0.401. The van der Waals surface area contributed by atoms with Crippen LogP contribution in [0.25, 0.3) is 10.9 Å². The number of urea groups is 1. The van der Waals surface area contributed by atoms with Crippen molar-refractivity contribution in [1.82, 2.24) is 9.88 Å². The third-order valence-electron chi connectivity index (χ3n) is 7.64. The number of carbonyl (C=O) groups is 2. The first-order chi connectivity index (χ1) is 17.0. The van der Waals surface area contributed by atoms with Crippen LogP contribution in [-0.2, 0) is 16.8 Å². The molecule has 2 aliphatic heterocycles. The maximum atomic E-state index is 14.1. The monoisotopic (exact) mass is 465 g/mol. The van der Waals surface area contributed by atoms with Gasteiger partial charge in [-0.1, -0.05) is 61.5 Å². The zero-order valence-electron chi connectivity index (χ0n) is 20.0. The van der Waals surface area contributed by atoms with E-state index in [1.165, 1.54) is 10.5 Å². The molecule has 1 fully saturated rings. The number of ether oxygens (including phenoxy) is 1. The van der Waals surface area contributed by atoms with E-state index in [0.29, 0.717) is 18.0 Å². The molecule has 0 spiro atoms. The number of anilines is 1. The number of methoxy groups -OCH3 is 1. The summed E-state index contributed by atoms with van der Waals surface area (Å²) in [5, 5.41) is 1.09. The lowest BCUT2D eigenvalue weighted by atomic mass is 9.78. The second-order valence-electron chi connectivity index (χ2n) is 9.38. The van der Waals surface area contributed by atoms with E-state index < -0.39 is 5.54 Å². The van der Waals surface area contributed by atoms with Gasteiger partial charge >= 0.3 is 6.03 Å². The number of hydrogen-bond donors (Lipinski definition) is 1. The Balaban J connectivity index is 1.57. The SMILES string of the molecule is CCc1ccc([C@H]2CN3C(=O)N(c4ccccc4OC)C(=O)[C@]3(C)c3[nH]c4ccccc4c32)cc1. The van der Waals surface area contributed by atoms with Crippen molar-refractivity contribution in [2.24, 2.45) is 0 Å². The van der Waals surface area contributed by atoms with Gasteiger partial charge in [-0.05, 0) is 48.2 Å². The van der Waals surface area contributed by atoms with Gasteiger partial charge in [0.25, 0.3) is 5.91 Å². The van der Waals surface area contributed by atoms with Crippen molar-refractivity contribution in [2.75, 3.05) is 18.6 Å². The van der Waals surface area contributed by atoms with Crippen molar-refractivity contribution >= 4 is 28.5 Å². The Morgan fingerprint density at radius 1 is 1.00 bits per heavy atom. The summed E-state index contributed by atoms with van der Waals surface area (Å²) < 4.78 is 5.50. The smallest absolute Gasteiger partial charge is 0.332 e. The average Bonchev–Trinajstić information content (AvgIpc) is 3.38. The van der Waals surface area contributed by atoms with E-state index in [-0.39, 0.29) is 17.9 Å². The highest BCUT2D eigenvalue weighted by Gasteiger charge is 2.61. The van der Waals surface area contributed by atoms with Gasteiger partial charge in [0.1, 0.15) is 5.75 Å². The standard InChI is InChI=1S/C29H27N3O3/c1-4-18-13-15-19(16-14-18)21-17-31-28(34)32(23-11-7-8-12-24(23)35-3)27(33)29(31,2)26-25(21)20-9-5-6-10-22(20)30-26/h5-16,21,30H,4,17H2,1-3H3/t21-,29+/m1/s1. The Kier molecular flexibility index (Phi) is 4.74. The molecule has 2 atom stereocenters. The zero-order valence-corrected chi connectivity index (χ0v) is 20.0. The molecule has 35 heavy (non-hydrogen) atoms. The molecule has 1 N–H and O–H groups in total. The van der Waals surface area contributed by atoms with E-state index in [1.807, 2.05) is 37.3 Å². The second-order valence-corrected chi connectivity index (χ2v) is 9.38. The summed E-state index contributed by atoms with van der Waals surface area (Å²) in [5.41, 5.74) is 4.55. The summed E-state index contributed by atoms with van der Waals surface area (Å²) in [4.78, 5) is 34.5. The lowest BCUT2D eigenvalue weighted by Gasteiger charge is -2.40. The van der Waals surface area contributed by atoms with Crippen LogP contribution in [0.3, 0.4) is 0 Å². The number of aryl methyl sites for hydroxylation is 1. The predicted molar refractivity (Wildman–Crippen MR) is 136 cm³/mol. The number of aromatic nitrogens is 1. The Labute approximate surface area is 204 Å². The van der Waals surface area contributed by atoms with Gasteiger partial charge in [0.2, 0.25) is 0 Å². The number of hydrogen-bond acceptors (Lipinski definition) is 3. The van der Waals surface area contributed by atoms with Crippen LogP contribution in [0.15, 0.2) is 72.8 Å². The third-order valence-corrected chi connectivity index (χ3v) is 7.64. The van der Waals surface area contributed by atoms with E-state index in [9.17, 15) is 9.59 Å². The third kappa shape index (κ3) is 2.89. The maximum Gasteiger partial charge on any atom is 0.332 e.